The molecule has 0 heterocycles. The number of carbonyl (C=O) groups excluding carboxylic acids is 3. The molecule has 0 saturated heterocycles. The number of hydrogen-bond donors (Lipinski definition) is 3. The van der Waals surface area contributed by atoms with Gasteiger partial charge in [0.1, 0.15) is 6.61 Å². The molecule has 0 aromatic heterocycles. The van der Waals surface area contributed by atoms with Crippen molar-refractivity contribution < 1.29 is 28.6 Å². The molecule has 0 aliphatic rings. The molecule has 2 aromatic rings. The Hall–Kier alpha value is -3.85. The number of nitrogens with one attached hydrogen (secondary N) is 2. The van der Waals surface area contributed by atoms with Crippen molar-refractivity contribution in [2.24, 2.45) is 17.6 Å². The second-order valence-electron chi connectivity index (χ2n) is 10.3. The van der Waals surface area contributed by atoms with E-state index < -0.39 is 12.2 Å². The first-order valence-electron chi connectivity index (χ1n) is 13.7. The summed E-state index contributed by atoms with van der Waals surface area (Å²) >= 11 is 0. The van der Waals surface area contributed by atoms with E-state index in [1.807, 2.05) is 13.8 Å². The fourth-order valence-electron chi connectivity index (χ4n) is 3.59. The van der Waals surface area contributed by atoms with Crippen molar-refractivity contribution >= 4 is 23.7 Å². The number of amides is 2. The standard InChI is InChI=1S/C31H43N3O6/c1-21(2)10-8-6-7-9-11-28(35)33-19-24-14-17-26(27(18-24)38-5)40-31(37)39-20-23-12-15-25(16-13-23)34-30(36)29(32)22(3)4/h8,10,12-18,21-22,29H,6-7,9,11,19-20,32H2,1-5H3,(H,33,35)(H,34,36)/b10-8+/t29-/m0/s1. The second-order valence-corrected chi connectivity index (χ2v) is 10.3. The molecule has 0 saturated carbocycles. The topological polar surface area (TPSA) is 129 Å². The van der Waals surface area contributed by atoms with Crippen LogP contribution in [0.5, 0.6) is 11.5 Å². The SMILES string of the molecule is COc1cc(CNC(=O)CCCC/C=C/C(C)C)ccc1OC(=O)OCc1ccc(NC(=O)[C@@H](N)C(C)C)cc1. The van der Waals surface area contributed by atoms with Gasteiger partial charge in [-0.2, -0.15) is 0 Å². The Morgan fingerprint density at radius 2 is 1.65 bits per heavy atom. The van der Waals surface area contributed by atoms with Crippen molar-refractivity contribution in [1.82, 2.24) is 5.32 Å². The summed E-state index contributed by atoms with van der Waals surface area (Å²) in [5, 5.41) is 5.67. The van der Waals surface area contributed by atoms with Crippen molar-refractivity contribution in [2.75, 3.05) is 12.4 Å². The number of anilines is 1. The monoisotopic (exact) mass is 553 g/mol. The number of unbranched alkanes of at least 4 members (excludes halogenated alkanes) is 2. The van der Waals surface area contributed by atoms with Crippen LogP contribution in [-0.2, 0) is 27.5 Å². The van der Waals surface area contributed by atoms with Gasteiger partial charge in [0.15, 0.2) is 11.5 Å². The van der Waals surface area contributed by atoms with Crippen molar-refractivity contribution in [3.8, 4) is 11.5 Å². The molecule has 4 N–H and O–H groups in total. The summed E-state index contributed by atoms with van der Waals surface area (Å²) in [7, 11) is 1.47. The molecule has 0 bridgehead atoms. The molecule has 0 unspecified atom stereocenters. The second kappa shape index (κ2) is 17.0. The Morgan fingerprint density at radius 3 is 2.30 bits per heavy atom. The molecule has 9 nitrogen and oxygen atoms in total. The van der Waals surface area contributed by atoms with E-state index in [-0.39, 0.29) is 30.1 Å². The van der Waals surface area contributed by atoms with Crippen molar-refractivity contribution in [2.45, 2.75) is 72.6 Å². The number of rotatable bonds is 15. The van der Waals surface area contributed by atoms with E-state index >= 15 is 0 Å². The maximum atomic E-state index is 12.3. The zero-order valence-corrected chi connectivity index (χ0v) is 24.2. The fraction of sp³-hybridized carbons (Fsp3) is 0.452. The molecule has 0 aliphatic heterocycles. The third kappa shape index (κ3) is 11.9. The van der Waals surface area contributed by atoms with Crippen LogP contribution in [0.4, 0.5) is 10.5 Å². The van der Waals surface area contributed by atoms with Crippen molar-refractivity contribution in [3.63, 3.8) is 0 Å². The first-order valence-corrected chi connectivity index (χ1v) is 13.7. The van der Waals surface area contributed by atoms with Crippen molar-refractivity contribution in [3.05, 3.63) is 65.7 Å². The molecule has 0 spiro atoms. The summed E-state index contributed by atoms with van der Waals surface area (Å²) in [6.45, 7) is 8.36. The highest BCUT2D eigenvalue weighted by Gasteiger charge is 2.17. The largest absolute Gasteiger partial charge is 0.514 e. The summed E-state index contributed by atoms with van der Waals surface area (Å²) in [6, 6.07) is 11.3. The molecule has 0 radical (unpaired) electrons. The van der Waals surface area contributed by atoms with Crippen LogP contribution in [-0.4, -0.2) is 31.1 Å². The van der Waals surface area contributed by atoms with Crippen LogP contribution in [0.15, 0.2) is 54.6 Å². The van der Waals surface area contributed by atoms with Gasteiger partial charge < -0.3 is 30.6 Å². The van der Waals surface area contributed by atoms with E-state index in [0.717, 1.165) is 24.8 Å². The summed E-state index contributed by atoms with van der Waals surface area (Å²) in [5.41, 5.74) is 7.99. The lowest BCUT2D eigenvalue weighted by atomic mass is 10.0. The zero-order chi connectivity index (χ0) is 29.5. The predicted octanol–water partition coefficient (Wildman–Crippen LogP) is 5.72. The molecule has 1 atom stereocenters. The number of carbonyl (C=O) groups is 3. The van der Waals surface area contributed by atoms with Crippen molar-refractivity contribution in [1.29, 1.82) is 0 Å². The van der Waals surface area contributed by atoms with Gasteiger partial charge >= 0.3 is 6.16 Å². The Morgan fingerprint density at radius 1 is 0.950 bits per heavy atom. The highest BCUT2D eigenvalue weighted by molar-refractivity contribution is 5.94. The van der Waals surface area contributed by atoms with Crippen LogP contribution in [0.2, 0.25) is 0 Å². The van der Waals surface area contributed by atoms with Crippen LogP contribution >= 0.6 is 0 Å². The van der Waals surface area contributed by atoms with Gasteiger partial charge in [-0.3, -0.25) is 9.59 Å². The molecule has 0 aliphatic carbocycles. The van der Waals surface area contributed by atoms with E-state index in [2.05, 4.69) is 36.6 Å². The Labute approximate surface area is 237 Å². The lowest BCUT2D eigenvalue weighted by Crippen LogP contribution is -2.39. The van der Waals surface area contributed by atoms with Gasteiger partial charge in [-0.15, -0.1) is 0 Å². The maximum absolute atomic E-state index is 12.3. The predicted molar refractivity (Wildman–Crippen MR) is 156 cm³/mol. The van der Waals surface area contributed by atoms with Crippen LogP contribution in [0.25, 0.3) is 0 Å². The van der Waals surface area contributed by atoms with Gasteiger partial charge in [0.05, 0.1) is 13.2 Å². The van der Waals surface area contributed by atoms with Gasteiger partial charge in [-0.05, 0) is 66.5 Å². The Bertz CT molecular complexity index is 1130. The van der Waals surface area contributed by atoms with Crippen LogP contribution in [0, 0.1) is 11.8 Å². The molecule has 40 heavy (non-hydrogen) atoms. The number of methoxy groups -OCH3 is 1. The van der Waals surface area contributed by atoms with Gasteiger partial charge in [-0.1, -0.05) is 58.0 Å². The van der Waals surface area contributed by atoms with Crippen LogP contribution in [0.3, 0.4) is 0 Å². The zero-order valence-electron chi connectivity index (χ0n) is 24.2. The number of hydrogen-bond acceptors (Lipinski definition) is 7. The fourth-order valence-corrected chi connectivity index (χ4v) is 3.59. The number of nitrogens with two attached hydrogens (primary N) is 1. The minimum absolute atomic E-state index is 0.00902. The minimum atomic E-state index is -0.886. The maximum Gasteiger partial charge on any atom is 0.514 e. The average molecular weight is 554 g/mol. The summed E-state index contributed by atoms with van der Waals surface area (Å²) in [6.07, 6.45) is 6.72. The Kier molecular flexibility index (Phi) is 13.7. The molecular formula is C31H43N3O6. The van der Waals surface area contributed by atoms with Gasteiger partial charge in [0.25, 0.3) is 0 Å². The highest BCUT2D eigenvalue weighted by Crippen LogP contribution is 2.28. The summed E-state index contributed by atoms with van der Waals surface area (Å²) in [5.74, 6) is 0.855. The Balaban J connectivity index is 1.78. The van der Waals surface area contributed by atoms with Gasteiger partial charge in [0.2, 0.25) is 11.8 Å². The normalized spacial score (nSPS) is 11.9. The third-order valence-corrected chi connectivity index (χ3v) is 6.06. The van der Waals surface area contributed by atoms with Crippen LogP contribution < -0.4 is 25.8 Å². The highest BCUT2D eigenvalue weighted by atomic mass is 16.7. The number of benzene rings is 2. The van der Waals surface area contributed by atoms with E-state index in [1.54, 1.807) is 42.5 Å². The van der Waals surface area contributed by atoms with E-state index in [4.69, 9.17) is 19.9 Å². The quantitative estimate of drug-likeness (QED) is 0.111. The van der Waals surface area contributed by atoms with Gasteiger partial charge in [0, 0.05) is 18.7 Å². The first kappa shape index (κ1) is 32.4. The molecule has 2 amide bonds. The summed E-state index contributed by atoms with van der Waals surface area (Å²) < 4.78 is 15.9. The molecule has 2 rings (SSSR count). The average Bonchev–Trinajstić information content (AvgIpc) is 2.93. The first-order chi connectivity index (χ1) is 19.1. The number of allylic oxidation sites excluding steroid dienone is 2. The third-order valence-electron chi connectivity index (χ3n) is 6.06. The van der Waals surface area contributed by atoms with E-state index in [1.165, 1.54) is 7.11 Å². The molecular weight excluding hydrogens is 510 g/mol. The summed E-state index contributed by atoms with van der Waals surface area (Å²) in [4.78, 5) is 36.5. The molecule has 2 aromatic carbocycles. The lowest BCUT2D eigenvalue weighted by molar-refractivity contribution is -0.121. The lowest BCUT2D eigenvalue weighted by Gasteiger charge is -2.15. The molecule has 9 heteroatoms. The number of ether oxygens (including phenoxy) is 3. The van der Waals surface area contributed by atoms with E-state index in [0.29, 0.717) is 35.9 Å². The molecule has 0 fully saturated rings. The van der Waals surface area contributed by atoms with E-state index in [9.17, 15) is 14.4 Å². The minimum Gasteiger partial charge on any atom is -0.493 e. The molecule has 218 valence electrons. The van der Waals surface area contributed by atoms with Crippen LogP contribution in [0.1, 0.15) is 64.5 Å². The van der Waals surface area contributed by atoms with Gasteiger partial charge in [-0.25, -0.2) is 4.79 Å². The smallest absolute Gasteiger partial charge is 0.493 e.